The summed E-state index contributed by atoms with van der Waals surface area (Å²) >= 11 is 0. The molecular weight excluding hydrogens is 316 g/mol. The molecule has 130 valence electrons. The molecule has 2 aromatic carbocycles. The molecule has 0 heterocycles. The van der Waals surface area contributed by atoms with Crippen LogP contribution in [0.2, 0.25) is 0 Å². The fourth-order valence-corrected chi connectivity index (χ4v) is 2.55. The van der Waals surface area contributed by atoms with Crippen LogP contribution in [0.25, 0.3) is 6.08 Å². The second kappa shape index (κ2) is 7.88. The van der Waals surface area contributed by atoms with Gasteiger partial charge in [-0.3, -0.25) is 4.79 Å². The van der Waals surface area contributed by atoms with Gasteiger partial charge in [0.05, 0.1) is 14.2 Å². The second-order valence-corrected chi connectivity index (χ2v) is 6.04. The molecule has 2 aromatic rings. The summed E-state index contributed by atoms with van der Waals surface area (Å²) < 4.78 is 16.8. The topological polar surface area (TPSA) is 44.8 Å². The molecule has 25 heavy (non-hydrogen) atoms. The number of rotatable bonds is 8. The molecule has 0 aromatic heterocycles. The average Bonchev–Trinajstić information content (AvgIpc) is 3.50. The van der Waals surface area contributed by atoms with E-state index in [9.17, 15) is 4.79 Å². The number of ether oxygens (including phenoxy) is 3. The molecule has 4 heteroatoms. The van der Waals surface area contributed by atoms with Crippen LogP contribution in [0.15, 0.2) is 48.5 Å². The summed E-state index contributed by atoms with van der Waals surface area (Å²) in [5.74, 6) is 2.11. The van der Waals surface area contributed by atoms with Crippen LogP contribution in [-0.4, -0.2) is 20.0 Å². The predicted octanol–water partition coefficient (Wildman–Crippen LogP) is 4.28. The maximum atomic E-state index is 11.8. The van der Waals surface area contributed by atoms with Crippen LogP contribution in [0.3, 0.4) is 0 Å². The zero-order valence-electron chi connectivity index (χ0n) is 14.5. The molecule has 0 atom stereocenters. The van der Waals surface area contributed by atoms with Crippen LogP contribution in [0.4, 0.5) is 0 Å². The van der Waals surface area contributed by atoms with Crippen LogP contribution in [0, 0.1) is 5.92 Å². The fourth-order valence-electron chi connectivity index (χ4n) is 2.55. The molecule has 4 nitrogen and oxygen atoms in total. The summed E-state index contributed by atoms with van der Waals surface area (Å²) in [6.45, 7) is 0.420. The van der Waals surface area contributed by atoms with Gasteiger partial charge in [-0.2, -0.15) is 0 Å². The maximum absolute atomic E-state index is 11.8. The van der Waals surface area contributed by atoms with Gasteiger partial charge in [0, 0.05) is 5.92 Å². The quantitative estimate of drug-likeness (QED) is 0.674. The van der Waals surface area contributed by atoms with Crippen molar-refractivity contribution in [3.8, 4) is 17.2 Å². The van der Waals surface area contributed by atoms with Crippen molar-refractivity contribution in [1.29, 1.82) is 0 Å². The third-order valence-corrected chi connectivity index (χ3v) is 4.13. The lowest BCUT2D eigenvalue weighted by atomic mass is 10.1. The van der Waals surface area contributed by atoms with Crippen LogP contribution in [-0.2, 0) is 11.4 Å². The second-order valence-electron chi connectivity index (χ2n) is 6.04. The Bertz CT molecular complexity index is 736. The molecule has 0 radical (unpaired) electrons. The molecule has 0 amide bonds. The van der Waals surface area contributed by atoms with Crippen molar-refractivity contribution in [2.75, 3.05) is 14.2 Å². The number of hydrogen-bond donors (Lipinski definition) is 0. The maximum Gasteiger partial charge on any atom is 0.203 e. The monoisotopic (exact) mass is 338 g/mol. The minimum atomic E-state index is 0.183. The highest BCUT2D eigenvalue weighted by Gasteiger charge is 2.27. The first-order valence-electron chi connectivity index (χ1n) is 8.36. The summed E-state index contributed by atoms with van der Waals surface area (Å²) in [7, 11) is 3.18. The van der Waals surface area contributed by atoms with E-state index in [0.717, 1.165) is 24.0 Å². The molecule has 0 unspecified atom stereocenters. The van der Waals surface area contributed by atoms with Gasteiger partial charge >= 0.3 is 0 Å². The number of ketones is 1. The normalized spacial score (nSPS) is 13.7. The molecule has 3 rings (SSSR count). The summed E-state index contributed by atoms with van der Waals surface area (Å²) in [5, 5.41) is 0. The fraction of sp³-hybridized carbons (Fsp3) is 0.286. The first kappa shape index (κ1) is 17.1. The molecule has 1 aliphatic carbocycles. The number of carbonyl (C=O) groups excluding carboxylic acids is 1. The van der Waals surface area contributed by atoms with E-state index >= 15 is 0 Å². The minimum absolute atomic E-state index is 0.183. The van der Waals surface area contributed by atoms with E-state index in [4.69, 9.17) is 14.2 Å². The first-order chi connectivity index (χ1) is 12.2. The Morgan fingerprint density at radius 2 is 1.72 bits per heavy atom. The van der Waals surface area contributed by atoms with E-state index in [-0.39, 0.29) is 11.7 Å². The zero-order valence-corrected chi connectivity index (χ0v) is 14.5. The highest BCUT2D eigenvalue weighted by Crippen LogP contribution is 2.39. The van der Waals surface area contributed by atoms with Gasteiger partial charge in [0.1, 0.15) is 6.61 Å². The van der Waals surface area contributed by atoms with Crippen molar-refractivity contribution >= 4 is 11.9 Å². The van der Waals surface area contributed by atoms with Crippen molar-refractivity contribution in [2.24, 2.45) is 5.92 Å². The van der Waals surface area contributed by atoms with Gasteiger partial charge < -0.3 is 14.2 Å². The summed E-state index contributed by atoms with van der Waals surface area (Å²) in [6, 6.07) is 13.6. The first-order valence-corrected chi connectivity index (χ1v) is 8.36. The standard InChI is InChI=1S/C21H22O4/c1-23-19-12-16(8-11-18(22)17-9-10-17)13-20(24-2)21(19)25-14-15-6-4-3-5-7-15/h3-8,11-13,17H,9-10,14H2,1-2H3/b11-8+. The Labute approximate surface area is 148 Å². The van der Waals surface area contributed by atoms with Gasteiger partial charge in [0.25, 0.3) is 0 Å². The lowest BCUT2D eigenvalue weighted by Crippen LogP contribution is -2.00. The molecule has 0 saturated heterocycles. The Hall–Kier alpha value is -2.75. The lowest BCUT2D eigenvalue weighted by molar-refractivity contribution is -0.115. The minimum Gasteiger partial charge on any atom is -0.493 e. The van der Waals surface area contributed by atoms with Gasteiger partial charge in [0.2, 0.25) is 5.75 Å². The zero-order chi connectivity index (χ0) is 17.6. The van der Waals surface area contributed by atoms with Gasteiger partial charge in [-0.05, 0) is 42.2 Å². The Kier molecular flexibility index (Phi) is 5.39. The number of hydrogen-bond acceptors (Lipinski definition) is 4. The van der Waals surface area contributed by atoms with Gasteiger partial charge in [-0.25, -0.2) is 0 Å². The summed E-state index contributed by atoms with van der Waals surface area (Å²) in [4.78, 5) is 11.8. The molecule has 0 aliphatic heterocycles. The Balaban J connectivity index is 1.80. The SMILES string of the molecule is COc1cc(/C=C/C(=O)C2CC2)cc(OC)c1OCc1ccccc1. The smallest absolute Gasteiger partial charge is 0.203 e. The van der Waals surface area contributed by atoms with Crippen molar-refractivity contribution in [1.82, 2.24) is 0 Å². The third kappa shape index (κ3) is 4.41. The van der Waals surface area contributed by atoms with E-state index in [1.54, 1.807) is 26.4 Å². The molecule has 1 aliphatic rings. The number of allylic oxidation sites excluding steroid dienone is 1. The molecule has 1 fully saturated rings. The van der Waals surface area contributed by atoms with Crippen LogP contribution < -0.4 is 14.2 Å². The van der Waals surface area contributed by atoms with E-state index in [1.165, 1.54) is 0 Å². The van der Waals surface area contributed by atoms with Crippen molar-refractivity contribution in [3.63, 3.8) is 0 Å². The highest BCUT2D eigenvalue weighted by atomic mass is 16.5. The highest BCUT2D eigenvalue weighted by molar-refractivity contribution is 5.96. The van der Waals surface area contributed by atoms with E-state index in [2.05, 4.69) is 0 Å². The van der Waals surface area contributed by atoms with Crippen molar-refractivity contribution in [3.05, 3.63) is 59.7 Å². The van der Waals surface area contributed by atoms with Crippen molar-refractivity contribution in [2.45, 2.75) is 19.4 Å². The lowest BCUT2D eigenvalue weighted by Gasteiger charge is -2.15. The van der Waals surface area contributed by atoms with E-state index in [0.29, 0.717) is 23.9 Å². The largest absolute Gasteiger partial charge is 0.493 e. The van der Waals surface area contributed by atoms with E-state index in [1.807, 2.05) is 42.5 Å². The third-order valence-electron chi connectivity index (χ3n) is 4.13. The number of methoxy groups -OCH3 is 2. The van der Waals surface area contributed by atoms with Gasteiger partial charge in [-0.15, -0.1) is 0 Å². The summed E-state index contributed by atoms with van der Waals surface area (Å²) in [5.41, 5.74) is 1.90. The molecule has 0 spiro atoms. The van der Waals surface area contributed by atoms with E-state index < -0.39 is 0 Å². The van der Waals surface area contributed by atoms with Crippen LogP contribution in [0.5, 0.6) is 17.2 Å². The van der Waals surface area contributed by atoms with Crippen LogP contribution >= 0.6 is 0 Å². The van der Waals surface area contributed by atoms with Crippen LogP contribution in [0.1, 0.15) is 24.0 Å². The molecule has 1 saturated carbocycles. The number of benzene rings is 2. The molecule has 0 N–H and O–H groups in total. The Morgan fingerprint density at radius 3 is 2.28 bits per heavy atom. The number of carbonyl (C=O) groups is 1. The average molecular weight is 338 g/mol. The predicted molar refractivity (Wildman–Crippen MR) is 97.1 cm³/mol. The Morgan fingerprint density at radius 1 is 1.08 bits per heavy atom. The van der Waals surface area contributed by atoms with Gasteiger partial charge in [0.15, 0.2) is 17.3 Å². The van der Waals surface area contributed by atoms with Crippen molar-refractivity contribution < 1.29 is 19.0 Å². The van der Waals surface area contributed by atoms with Gasteiger partial charge in [-0.1, -0.05) is 36.4 Å². The summed E-state index contributed by atoms with van der Waals surface area (Å²) in [6.07, 6.45) is 5.44. The molecular formula is C21H22O4. The molecule has 0 bridgehead atoms.